The Balaban J connectivity index is 2.53. The molecule has 0 aliphatic carbocycles. The number of hydrogen-bond acceptors (Lipinski definition) is 2. The third-order valence-corrected chi connectivity index (χ3v) is 2.74. The Morgan fingerprint density at radius 1 is 1.38 bits per heavy atom. The van der Waals surface area contributed by atoms with Gasteiger partial charge in [0.2, 0.25) is 0 Å². The maximum atomic E-state index is 8.95. The fourth-order valence-corrected chi connectivity index (χ4v) is 1.97. The van der Waals surface area contributed by atoms with Crippen molar-refractivity contribution in [2.45, 2.75) is 6.42 Å². The number of nitrogens with one attached hydrogen (secondary N) is 1. The molecule has 4 heteroatoms. The normalized spacial score (nSPS) is 10.6. The summed E-state index contributed by atoms with van der Waals surface area (Å²) >= 11 is 6.03. The van der Waals surface area contributed by atoms with Crippen molar-refractivity contribution in [3.05, 3.63) is 41.2 Å². The average molecular weight is 237 g/mol. The van der Waals surface area contributed by atoms with Crippen LogP contribution in [-0.4, -0.2) is 16.7 Å². The molecule has 0 fully saturated rings. The summed E-state index contributed by atoms with van der Waals surface area (Å²) < 4.78 is 0. The molecule has 0 saturated heterocycles. The number of aromatic amines is 1. The summed E-state index contributed by atoms with van der Waals surface area (Å²) in [6.45, 7) is 0.0666. The van der Waals surface area contributed by atoms with Crippen LogP contribution in [0.5, 0.6) is 0 Å². The first kappa shape index (κ1) is 11.0. The van der Waals surface area contributed by atoms with E-state index < -0.39 is 0 Å². The molecule has 0 atom stereocenters. The van der Waals surface area contributed by atoms with Crippen LogP contribution in [0.1, 0.15) is 5.56 Å². The van der Waals surface area contributed by atoms with E-state index >= 15 is 0 Å². The Kier molecular flexibility index (Phi) is 3.17. The van der Waals surface area contributed by atoms with Crippen LogP contribution < -0.4 is 5.73 Å². The van der Waals surface area contributed by atoms with Gasteiger partial charge in [-0.1, -0.05) is 11.6 Å². The van der Waals surface area contributed by atoms with Crippen molar-refractivity contribution in [2.24, 2.45) is 0 Å². The Labute approximate surface area is 98.9 Å². The number of nitrogen functional groups attached to an aromatic ring is 1. The van der Waals surface area contributed by atoms with Crippen molar-refractivity contribution in [1.29, 1.82) is 0 Å². The van der Waals surface area contributed by atoms with Crippen LogP contribution in [0.4, 0.5) is 5.69 Å². The molecule has 16 heavy (non-hydrogen) atoms. The van der Waals surface area contributed by atoms with Gasteiger partial charge in [-0.25, -0.2) is 0 Å². The molecule has 0 aliphatic rings. The van der Waals surface area contributed by atoms with E-state index in [0.717, 1.165) is 16.7 Å². The molecule has 4 N–H and O–H groups in total. The first-order chi connectivity index (χ1) is 7.72. The molecule has 1 aromatic heterocycles. The summed E-state index contributed by atoms with van der Waals surface area (Å²) in [6, 6.07) is 5.56. The van der Waals surface area contributed by atoms with Gasteiger partial charge in [-0.15, -0.1) is 0 Å². The SMILES string of the molecule is Nc1c(CCO)cc(Cl)cc1-c1cc[nH]c1. The molecule has 1 aromatic carbocycles. The van der Waals surface area contributed by atoms with Crippen LogP contribution in [0, 0.1) is 0 Å². The zero-order valence-corrected chi connectivity index (χ0v) is 9.46. The van der Waals surface area contributed by atoms with Crippen LogP contribution in [-0.2, 0) is 6.42 Å². The van der Waals surface area contributed by atoms with Gasteiger partial charge in [-0.3, -0.25) is 0 Å². The van der Waals surface area contributed by atoms with Crippen LogP contribution in [0.2, 0.25) is 5.02 Å². The van der Waals surface area contributed by atoms with Crippen LogP contribution in [0.3, 0.4) is 0 Å². The molecule has 2 rings (SSSR count). The van der Waals surface area contributed by atoms with Crippen LogP contribution >= 0.6 is 11.6 Å². The fraction of sp³-hybridized carbons (Fsp3) is 0.167. The van der Waals surface area contributed by atoms with E-state index in [1.54, 1.807) is 6.07 Å². The third kappa shape index (κ3) is 2.05. The Morgan fingerprint density at radius 2 is 2.19 bits per heavy atom. The maximum Gasteiger partial charge on any atom is 0.0472 e. The lowest BCUT2D eigenvalue weighted by atomic mass is 10.0. The number of halogens is 1. The number of benzene rings is 1. The maximum absolute atomic E-state index is 8.95. The highest BCUT2D eigenvalue weighted by molar-refractivity contribution is 6.31. The molecule has 1 heterocycles. The molecule has 84 valence electrons. The van der Waals surface area contributed by atoms with Gasteiger partial charge in [-0.05, 0) is 30.2 Å². The Hall–Kier alpha value is -1.45. The summed E-state index contributed by atoms with van der Waals surface area (Å²) in [4.78, 5) is 2.98. The molecule has 2 aromatic rings. The number of H-pyrrole nitrogens is 1. The molecule has 0 aliphatic heterocycles. The average Bonchev–Trinajstić information content (AvgIpc) is 2.76. The highest BCUT2D eigenvalue weighted by atomic mass is 35.5. The standard InChI is InChI=1S/C12H13ClN2O/c13-10-5-8(2-4-16)12(14)11(6-10)9-1-3-15-7-9/h1,3,5-7,15-16H,2,4,14H2. The van der Waals surface area contributed by atoms with Gasteiger partial charge in [0.15, 0.2) is 0 Å². The minimum Gasteiger partial charge on any atom is -0.398 e. The van der Waals surface area contributed by atoms with E-state index in [2.05, 4.69) is 4.98 Å². The first-order valence-corrected chi connectivity index (χ1v) is 5.42. The molecule has 0 bridgehead atoms. The number of nitrogens with two attached hydrogens (primary N) is 1. The van der Waals surface area contributed by atoms with E-state index in [9.17, 15) is 0 Å². The molecular formula is C12H13ClN2O. The minimum atomic E-state index is 0.0666. The fourth-order valence-electron chi connectivity index (χ4n) is 1.73. The van der Waals surface area contributed by atoms with Crippen molar-refractivity contribution in [3.63, 3.8) is 0 Å². The second-order valence-electron chi connectivity index (χ2n) is 3.60. The highest BCUT2D eigenvalue weighted by Gasteiger charge is 2.09. The number of aromatic nitrogens is 1. The lowest BCUT2D eigenvalue weighted by Gasteiger charge is -2.10. The van der Waals surface area contributed by atoms with Crippen molar-refractivity contribution in [2.75, 3.05) is 12.3 Å². The quantitative estimate of drug-likeness (QED) is 0.717. The summed E-state index contributed by atoms with van der Waals surface area (Å²) in [7, 11) is 0. The van der Waals surface area contributed by atoms with Crippen molar-refractivity contribution < 1.29 is 5.11 Å². The lowest BCUT2D eigenvalue weighted by molar-refractivity contribution is 0.300. The van der Waals surface area contributed by atoms with Gasteiger partial charge in [0, 0.05) is 40.8 Å². The number of rotatable bonds is 3. The van der Waals surface area contributed by atoms with E-state index in [0.29, 0.717) is 17.1 Å². The van der Waals surface area contributed by atoms with E-state index in [1.807, 2.05) is 24.5 Å². The second kappa shape index (κ2) is 4.60. The number of hydrogen-bond donors (Lipinski definition) is 3. The molecule has 0 amide bonds. The van der Waals surface area contributed by atoms with Gasteiger partial charge in [0.25, 0.3) is 0 Å². The van der Waals surface area contributed by atoms with E-state index in [1.165, 1.54) is 0 Å². The van der Waals surface area contributed by atoms with Gasteiger partial charge in [0.05, 0.1) is 0 Å². The topological polar surface area (TPSA) is 62.0 Å². The zero-order chi connectivity index (χ0) is 11.5. The third-order valence-electron chi connectivity index (χ3n) is 2.52. The summed E-state index contributed by atoms with van der Waals surface area (Å²) in [5, 5.41) is 9.58. The van der Waals surface area contributed by atoms with Crippen LogP contribution in [0.15, 0.2) is 30.6 Å². The zero-order valence-electron chi connectivity index (χ0n) is 8.70. The van der Waals surface area contributed by atoms with Crippen molar-refractivity contribution in [3.8, 4) is 11.1 Å². The minimum absolute atomic E-state index is 0.0666. The van der Waals surface area contributed by atoms with Crippen LogP contribution in [0.25, 0.3) is 11.1 Å². The molecule has 0 spiro atoms. The molecule has 3 nitrogen and oxygen atoms in total. The summed E-state index contributed by atoms with van der Waals surface area (Å²) in [5.74, 6) is 0. The number of aliphatic hydroxyl groups excluding tert-OH is 1. The summed E-state index contributed by atoms with van der Waals surface area (Å²) in [6.07, 6.45) is 4.22. The predicted molar refractivity (Wildman–Crippen MR) is 66.4 cm³/mol. The number of anilines is 1. The highest BCUT2D eigenvalue weighted by Crippen LogP contribution is 2.32. The number of aliphatic hydroxyl groups is 1. The summed E-state index contributed by atoms with van der Waals surface area (Å²) in [5.41, 5.74) is 9.50. The van der Waals surface area contributed by atoms with Crippen molar-refractivity contribution in [1.82, 2.24) is 4.98 Å². The second-order valence-corrected chi connectivity index (χ2v) is 4.04. The largest absolute Gasteiger partial charge is 0.398 e. The van der Waals surface area contributed by atoms with Gasteiger partial charge in [0.1, 0.15) is 0 Å². The van der Waals surface area contributed by atoms with Gasteiger partial charge in [-0.2, -0.15) is 0 Å². The first-order valence-electron chi connectivity index (χ1n) is 5.04. The molecule has 0 unspecified atom stereocenters. The monoisotopic (exact) mass is 236 g/mol. The van der Waals surface area contributed by atoms with E-state index in [4.69, 9.17) is 22.4 Å². The Morgan fingerprint density at radius 3 is 2.81 bits per heavy atom. The molecule has 0 radical (unpaired) electrons. The van der Waals surface area contributed by atoms with Gasteiger partial charge < -0.3 is 15.8 Å². The lowest BCUT2D eigenvalue weighted by Crippen LogP contribution is -1.99. The van der Waals surface area contributed by atoms with Crippen molar-refractivity contribution >= 4 is 17.3 Å². The smallest absolute Gasteiger partial charge is 0.0472 e. The van der Waals surface area contributed by atoms with Gasteiger partial charge >= 0.3 is 0 Å². The van der Waals surface area contributed by atoms with E-state index in [-0.39, 0.29) is 6.61 Å². The predicted octanol–water partition coefficient (Wildman–Crippen LogP) is 2.45. The molecule has 0 saturated carbocycles. The molecular weight excluding hydrogens is 224 g/mol. The Bertz CT molecular complexity index is 480.